The second-order valence-electron chi connectivity index (χ2n) is 9.33. The molecule has 0 radical (unpaired) electrons. The van der Waals surface area contributed by atoms with Crippen molar-refractivity contribution >= 4 is 16.9 Å². The lowest BCUT2D eigenvalue weighted by atomic mass is 10.1. The van der Waals surface area contributed by atoms with Crippen molar-refractivity contribution in [3.05, 3.63) is 29.6 Å². The van der Waals surface area contributed by atoms with Crippen LogP contribution in [0.15, 0.2) is 18.2 Å². The number of carbonyl (C=O) groups is 1. The summed E-state index contributed by atoms with van der Waals surface area (Å²) in [5.41, 5.74) is 2.82. The van der Waals surface area contributed by atoms with Gasteiger partial charge in [-0.15, -0.1) is 0 Å². The Morgan fingerprint density at radius 2 is 1.66 bits per heavy atom. The molecule has 0 aliphatic rings. The number of aryl methyl sites for hydroxylation is 2. The molecule has 162 valence electrons. The van der Waals surface area contributed by atoms with Gasteiger partial charge in [-0.1, -0.05) is 27.7 Å². The maximum Gasteiger partial charge on any atom is 0.253 e. The average molecular weight is 401 g/mol. The van der Waals surface area contributed by atoms with Crippen molar-refractivity contribution in [2.24, 2.45) is 11.8 Å². The maximum atomic E-state index is 13.3. The zero-order valence-electron chi connectivity index (χ0n) is 19.5. The monoisotopic (exact) mass is 400 g/mol. The van der Waals surface area contributed by atoms with Gasteiger partial charge in [0.2, 0.25) is 0 Å². The molecular weight excluding hydrogens is 360 g/mol. The number of nitrogens with zero attached hydrogens (tertiary/aromatic N) is 4. The number of benzene rings is 1. The van der Waals surface area contributed by atoms with Gasteiger partial charge in [-0.3, -0.25) is 4.79 Å². The molecule has 5 heteroatoms. The molecule has 1 aromatic carbocycles. The normalized spacial score (nSPS) is 11.9. The van der Waals surface area contributed by atoms with E-state index in [1.54, 1.807) is 0 Å². The number of aromatic nitrogens is 2. The third kappa shape index (κ3) is 6.84. The number of hydrogen-bond acceptors (Lipinski definition) is 3. The van der Waals surface area contributed by atoms with E-state index in [1.165, 1.54) is 0 Å². The van der Waals surface area contributed by atoms with Crippen molar-refractivity contribution in [1.82, 2.24) is 19.4 Å². The van der Waals surface area contributed by atoms with E-state index in [0.717, 1.165) is 67.9 Å². The lowest BCUT2D eigenvalue weighted by molar-refractivity contribution is 0.0741. The summed E-state index contributed by atoms with van der Waals surface area (Å²) in [5, 5.41) is 0. The summed E-state index contributed by atoms with van der Waals surface area (Å²) >= 11 is 0. The second-order valence-corrected chi connectivity index (χ2v) is 9.33. The zero-order valence-corrected chi connectivity index (χ0v) is 19.5. The van der Waals surface area contributed by atoms with Gasteiger partial charge in [0.05, 0.1) is 11.0 Å². The SMILES string of the molecule is Cc1nc2ccc(C(=O)N(CCC(C)C)CCC(C)C)cc2n1CCCN(C)C. The van der Waals surface area contributed by atoms with Gasteiger partial charge < -0.3 is 14.4 Å². The summed E-state index contributed by atoms with van der Waals surface area (Å²) in [6.45, 7) is 14.5. The second kappa shape index (κ2) is 10.8. The Balaban J connectivity index is 2.25. The van der Waals surface area contributed by atoms with Crippen molar-refractivity contribution in [2.45, 2.75) is 60.4 Å². The van der Waals surface area contributed by atoms with E-state index in [4.69, 9.17) is 4.98 Å². The van der Waals surface area contributed by atoms with Crippen molar-refractivity contribution < 1.29 is 4.79 Å². The van der Waals surface area contributed by atoms with E-state index >= 15 is 0 Å². The molecule has 29 heavy (non-hydrogen) atoms. The highest BCUT2D eigenvalue weighted by atomic mass is 16.2. The van der Waals surface area contributed by atoms with Crippen LogP contribution in [-0.4, -0.2) is 59.0 Å². The van der Waals surface area contributed by atoms with Crippen LogP contribution in [0.1, 0.15) is 63.1 Å². The molecule has 0 fully saturated rings. The Kier molecular flexibility index (Phi) is 8.69. The Morgan fingerprint density at radius 3 is 2.21 bits per heavy atom. The summed E-state index contributed by atoms with van der Waals surface area (Å²) in [7, 11) is 4.19. The molecule has 0 bridgehead atoms. The first kappa shape index (κ1) is 23.4. The molecular formula is C24H40N4O. The van der Waals surface area contributed by atoms with Gasteiger partial charge in [0.25, 0.3) is 5.91 Å². The van der Waals surface area contributed by atoms with Gasteiger partial charge in [0, 0.05) is 25.2 Å². The molecule has 0 saturated heterocycles. The number of carbonyl (C=O) groups excluding carboxylic acids is 1. The van der Waals surface area contributed by atoms with Gasteiger partial charge >= 0.3 is 0 Å². The smallest absolute Gasteiger partial charge is 0.253 e. The van der Waals surface area contributed by atoms with Crippen LogP contribution in [0.4, 0.5) is 0 Å². The topological polar surface area (TPSA) is 41.4 Å². The molecule has 0 unspecified atom stereocenters. The first-order valence-electron chi connectivity index (χ1n) is 11.1. The van der Waals surface area contributed by atoms with Crippen LogP contribution >= 0.6 is 0 Å². The molecule has 1 aromatic heterocycles. The number of fused-ring (bicyclic) bond motifs is 1. The minimum Gasteiger partial charge on any atom is -0.339 e. The quantitative estimate of drug-likeness (QED) is 0.542. The van der Waals surface area contributed by atoms with Crippen molar-refractivity contribution in [1.29, 1.82) is 0 Å². The highest BCUT2D eigenvalue weighted by Gasteiger charge is 2.18. The van der Waals surface area contributed by atoms with E-state index in [9.17, 15) is 4.79 Å². The van der Waals surface area contributed by atoms with E-state index in [2.05, 4.69) is 58.2 Å². The van der Waals surface area contributed by atoms with Gasteiger partial charge in [0.1, 0.15) is 5.82 Å². The molecule has 0 saturated carbocycles. The standard InChI is InChI=1S/C24H40N4O/c1-18(2)11-15-27(16-12-19(3)4)24(29)21-9-10-22-23(17-21)28(20(5)25-22)14-8-13-26(6)7/h9-10,17-19H,8,11-16H2,1-7H3. The number of amides is 1. The summed E-state index contributed by atoms with van der Waals surface area (Å²) < 4.78 is 2.25. The lowest BCUT2D eigenvalue weighted by Gasteiger charge is -2.24. The Bertz CT molecular complexity index is 780. The minimum atomic E-state index is 0.145. The van der Waals surface area contributed by atoms with Crippen LogP contribution in [0, 0.1) is 18.8 Å². The molecule has 5 nitrogen and oxygen atoms in total. The molecule has 1 heterocycles. The molecule has 2 aromatic rings. The molecule has 1 amide bonds. The van der Waals surface area contributed by atoms with Crippen molar-refractivity contribution in [2.75, 3.05) is 33.7 Å². The van der Waals surface area contributed by atoms with Gasteiger partial charge in [-0.2, -0.15) is 0 Å². The minimum absolute atomic E-state index is 0.145. The molecule has 0 spiro atoms. The maximum absolute atomic E-state index is 13.3. The highest BCUT2D eigenvalue weighted by molar-refractivity contribution is 5.97. The van der Waals surface area contributed by atoms with Crippen LogP contribution in [-0.2, 0) is 6.54 Å². The predicted molar refractivity (Wildman–Crippen MR) is 122 cm³/mol. The lowest BCUT2D eigenvalue weighted by Crippen LogP contribution is -2.34. The third-order valence-electron chi connectivity index (χ3n) is 5.41. The number of rotatable bonds is 11. The fraction of sp³-hybridized carbons (Fsp3) is 0.667. The number of imidazole rings is 1. The summed E-state index contributed by atoms with van der Waals surface area (Å²) in [6, 6.07) is 5.99. The van der Waals surface area contributed by atoms with Crippen molar-refractivity contribution in [3.8, 4) is 0 Å². The fourth-order valence-electron chi connectivity index (χ4n) is 3.53. The molecule has 0 aliphatic heterocycles. The summed E-state index contributed by atoms with van der Waals surface area (Å²) in [6.07, 6.45) is 3.13. The Labute approximate surface area is 177 Å². The number of hydrogen-bond donors (Lipinski definition) is 0. The third-order valence-corrected chi connectivity index (χ3v) is 5.41. The fourth-order valence-corrected chi connectivity index (χ4v) is 3.53. The first-order chi connectivity index (χ1) is 13.7. The molecule has 0 atom stereocenters. The summed E-state index contributed by atoms with van der Waals surface area (Å²) in [4.78, 5) is 22.3. The highest BCUT2D eigenvalue weighted by Crippen LogP contribution is 2.20. The molecule has 2 rings (SSSR count). The predicted octanol–water partition coefficient (Wildman–Crippen LogP) is 4.83. The van der Waals surface area contributed by atoms with Crippen LogP contribution in [0.2, 0.25) is 0 Å². The zero-order chi connectivity index (χ0) is 21.6. The van der Waals surface area contributed by atoms with Crippen LogP contribution in [0.3, 0.4) is 0 Å². The van der Waals surface area contributed by atoms with Gasteiger partial charge in [-0.05, 0) is 76.9 Å². The van der Waals surface area contributed by atoms with Gasteiger partial charge in [-0.25, -0.2) is 4.98 Å². The largest absolute Gasteiger partial charge is 0.339 e. The van der Waals surface area contributed by atoms with Crippen LogP contribution < -0.4 is 0 Å². The summed E-state index contributed by atoms with van der Waals surface area (Å²) in [5.74, 6) is 2.34. The van der Waals surface area contributed by atoms with Gasteiger partial charge in [0.15, 0.2) is 0 Å². The first-order valence-corrected chi connectivity index (χ1v) is 11.1. The Hall–Kier alpha value is -1.88. The van der Waals surface area contributed by atoms with E-state index < -0.39 is 0 Å². The molecule has 0 N–H and O–H groups in total. The van der Waals surface area contributed by atoms with Crippen LogP contribution in [0.25, 0.3) is 11.0 Å². The van der Waals surface area contributed by atoms with E-state index in [-0.39, 0.29) is 5.91 Å². The van der Waals surface area contributed by atoms with Crippen molar-refractivity contribution in [3.63, 3.8) is 0 Å². The average Bonchev–Trinajstić information content (AvgIpc) is 2.95. The van der Waals surface area contributed by atoms with Crippen LogP contribution in [0.5, 0.6) is 0 Å². The molecule has 0 aliphatic carbocycles. The van der Waals surface area contributed by atoms with E-state index in [1.807, 2.05) is 23.1 Å². The Morgan fingerprint density at radius 1 is 1.03 bits per heavy atom. The van der Waals surface area contributed by atoms with E-state index in [0.29, 0.717) is 11.8 Å².